The van der Waals surface area contributed by atoms with Gasteiger partial charge in [0.15, 0.2) is 11.5 Å². The molecule has 0 aliphatic carbocycles. The van der Waals surface area contributed by atoms with E-state index in [-0.39, 0.29) is 0 Å². The van der Waals surface area contributed by atoms with Crippen molar-refractivity contribution in [1.82, 2.24) is 5.32 Å². The Morgan fingerprint density at radius 3 is 2.94 bits per heavy atom. The molecule has 1 aliphatic heterocycles. The summed E-state index contributed by atoms with van der Waals surface area (Å²) in [5, 5.41) is 3.40. The highest BCUT2D eigenvalue weighted by molar-refractivity contribution is 5.42. The molecule has 1 atom stereocenters. The van der Waals surface area contributed by atoms with Crippen LogP contribution in [-0.4, -0.2) is 26.8 Å². The van der Waals surface area contributed by atoms with E-state index in [2.05, 4.69) is 18.3 Å². The van der Waals surface area contributed by atoms with Gasteiger partial charge in [-0.1, -0.05) is 6.07 Å². The van der Waals surface area contributed by atoms with E-state index in [1.165, 1.54) is 18.4 Å². The molecule has 1 fully saturated rings. The highest BCUT2D eigenvalue weighted by atomic mass is 16.5. The monoisotopic (exact) mass is 235 g/mol. The maximum absolute atomic E-state index is 5.86. The van der Waals surface area contributed by atoms with Crippen LogP contribution in [-0.2, 0) is 0 Å². The molecule has 1 heterocycles. The third kappa shape index (κ3) is 3.37. The van der Waals surface area contributed by atoms with Gasteiger partial charge in [-0.05, 0) is 44.0 Å². The van der Waals surface area contributed by atoms with Crippen LogP contribution < -0.4 is 14.8 Å². The molecule has 1 aliphatic rings. The van der Waals surface area contributed by atoms with Crippen LogP contribution in [0.2, 0.25) is 0 Å². The Morgan fingerprint density at radius 1 is 1.35 bits per heavy atom. The summed E-state index contributed by atoms with van der Waals surface area (Å²) in [6, 6.07) is 6.05. The second-order valence-electron chi connectivity index (χ2n) is 4.68. The quantitative estimate of drug-likeness (QED) is 0.869. The number of hydrogen-bond donors (Lipinski definition) is 1. The summed E-state index contributed by atoms with van der Waals surface area (Å²) in [6.45, 7) is 5.03. The van der Waals surface area contributed by atoms with Crippen LogP contribution in [0.5, 0.6) is 11.5 Å². The fourth-order valence-corrected chi connectivity index (χ4v) is 2.17. The normalized spacial score (nSPS) is 20.0. The molecule has 1 aromatic carbocycles. The molecule has 0 amide bonds. The minimum absolute atomic E-state index is 0.620. The number of ether oxygens (including phenoxy) is 2. The van der Waals surface area contributed by atoms with Crippen LogP contribution in [0.4, 0.5) is 0 Å². The first kappa shape index (κ1) is 12.2. The molecule has 0 saturated carbocycles. The number of rotatable bonds is 4. The van der Waals surface area contributed by atoms with E-state index in [0.29, 0.717) is 5.92 Å². The van der Waals surface area contributed by atoms with Gasteiger partial charge in [-0.25, -0.2) is 0 Å². The highest BCUT2D eigenvalue weighted by Crippen LogP contribution is 2.28. The van der Waals surface area contributed by atoms with Crippen LogP contribution in [0.25, 0.3) is 0 Å². The summed E-state index contributed by atoms with van der Waals surface area (Å²) in [4.78, 5) is 0. The van der Waals surface area contributed by atoms with Gasteiger partial charge in [-0.2, -0.15) is 0 Å². The van der Waals surface area contributed by atoms with Crippen LogP contribution in [0.15, 0.2) is 18.2 Å². The molecule has 1 saturated heterocycles. The van der Waals surface area contributed by atoms with Gasteiger partial charge in [-0.3, -0.25) is 0 Å². The Kier molecular flexibility index (Phi) is 4.26. The predicted octanol–water partition coefficient (Wildman–Crippen LogP) is 2.38. The van der Waals surface area contributed by atoms with E-state index in [4.69, 9.17) is 9.47 Å². The molecular weight excluding hydrogens is 214 g/mol. The van der Waals surface area contributed by atoms with E-state index in [1.54, 1.807) is 7.11 Å². The zero-order valence-corrected chi connectivity index (χ0v) is 10.7. The summed E-state index contributed by atoms with van der Waals surface area (Å²) in [7, 11) is 1.68. The molecule has 0 bridgehead atoms. The Labute approximate surface area is 103 Å². The zero-order valence-electron chi connectivity index (χ0n) is 10.7. The van der Waals surface area contributed by atoms with Gasteiger partial charge >= 0.3 is 0 Å². The lowest BCUT2D eigenvalue weighted by Crippen LogP contribution is -2.33. The smallest absolute Gasteiger partial charge is 0.161 e. The van der Waals surface area contributed by atoms with Crippen molar-refractivity contribution in [2.75, 3.05) is 26.8 Å². The minimum Gasteiger partial charge on any atom is -0.493 e. The fraction of sp³-hybridized carbons (Fsp3) is 0.571. The molecule has 3 nitrogen and oxygen atoms in total. The van der Waals surface area contributed by atoms with Crippen molar-refractivity contribution in [3.63, 3.8) is 0 Å². The highest BCUT2D eigenvalue weighted by Gasteiger charge is 2.14. The standard InChI is InChI=1S/C14H21NO2/c1-11-5-6-13(14(8-11)16-2)17-10-12-4-3-7-15-9-12/h5-6,8,12,15H,3-4,7,9-10H2,1-2H3. The fourth-order valence-electron chi connectivity index (χ4n) is 2.17. The summed E-state index contributed by atoms with van der Waals surface area (Å²) >= 11 is 0. The first-order valence-corrected chi connectivity index (χ1v) is 6.28. The molecule has 0 radical (unpaired) electrons. The Hall–Kier alpha value is -1.22. The van der Waals surface area contributed by atoms with Crippen molar-refractivity contribution < 1.29 is 9.47 Å². The lowest BCUT2D eigenvalue weighted by atomic mass is 10.0. The number of hydrogen-bond acceptors (Lipinski definition) is 3. The van der Waals surface area contributed by atoms with E-state index in [1.807, 2.05) is 12.1 Å². The van der Waals surface area contributed by atoms with Crippen molar-refractivity contribution in [2.24, 2.45) is 5.92 Å². The number of aryl methyl sites for hydroxylation is 1. The van der Waals surface area contributed by atoms with Gasteiger partial charge in [0.2, 0.25) is 0 Å². The topological polar surface area (TPSA) is 30.5 Å². The Balaban J connectivity index is 1.93. The molecule has 0 spiro atoms. The number of piperidine rings is 1. The third-order valence-electron chi connectivity index (χ3n) is 3.19. The van der Waals surface area contributed by atoms with Crippen molar-refractivity contribution in [1.29, 1.82) is 0 Å². The van der Waals surface area contributed by atoms with Gasteiger partial charge in [0.1, 0.15) is 0 Å². The molecule has 1 N–H and O–H groups in total. The summed E-state index contributed by atoms with van der Waals surface area (Å²) in [5.74, 6) is 2.30. The van der Waals surface area contributed by atoms with Crippen molar-refractivity contribution >= 4 is 0 Å². The number of methoxy groups -OCH3 is 1. The molecule has 1 aromatic rings. The van der Waals surface area contributed by atoms with E-state index in [9.17, 15) is 0 Å². The lowest BCUT2D eigenvalue weighted by Gasteiger charge is -2.23. The van der Waals surface area contributed by atoms with Crippen molar-refractivity contribution in [3.05, 3.63) is 23.8 Å². The number of nitrogens with one attached hydrogen (secondary N) is 1. The van der Waals surface area contributed by atoms with Crippen LogP contribution in [0.3, 0.4) is 0 Å². The van der Waals surface area contributed by atoms with Gasteiger partial charge in [-0.15, -0.1) is 0 Å². The SMILES string of the molecule is COc1cc(C)ccc1OCC1CCCNC1. The average molecular weight is 235 g/mol. The molecule has 3 heteroatoms. The molecule has 94 valence electrons. The zero-order chi connectivity index (χ0) is 12.1. The molecular formula is C14H21NO2. The van der Waals surface area contributed by atoms with Crippen LogP contribution in [0, 0.1) is 12.8 Å². The largest absolute Gasteiger partial charge is 0.493 e. The summed E-state index contributed by atoms with van der Waals surface area (Å²) in [5.41, 5.74) is 1.19. The Bertz CT molecular complexity index is 359. The van der Waals surface area contributed by atoms with E-state index < -0.39 is 0 Å². The van der Waals surface area contributed by atoms with Gasteiger partial charge in [0, 0.05) is 12.5 Å². The average Bonchev–Trinajstić information content (AvgIpc) is 2.38. The van der Waals surface area contributed by atoms with Gasteiger partial charge in [0.05, 0.1) is 13.7 Å². The maximum Gasteiger partial charge on any atom is 0.161 e. The molecule has 2 rings (SSSR count). The summed E-state index contributed by atoms with van der Waals surface area (Å²) in [6.07, 6.45) is 2.50. The second kappa shape index (κ2) is 5.92. The summed E-state index contributed by atoms with van der Waals surface area (Å²) < 4.78 is 11.2. The third-order valence-corrected chi connectivity index (χ3v) is 3.19. The second-order valence-corrected chi connectivity index (χ2v) is 4.68. The molecule has 0 aromatic heterocycles. The van der Waals surface area contributed by atoms with E-state index >= 15 is 0 Å². The maximum atomic E-state index is 5.86. The minimum atomic E-state index is 0.620. The molecule has 17 heavy (non-hydrogen) atoms. The first-order valence-electron chi connectivity index (χ1n) is 6.28. The van der Waals surface area contributed by atoms with Gasteiger partial charge in [0.25, 0.3) is 0 Å². The van der Waals surface area contributed by atoms with Crippen LogP contribution in [0.1, 0.15) is 18.4 Å². The van der Waals surface area contributed by atoms with Crippen molar-refractivity contribution in [2.45, 2.75) is 19.8 Å². The Morgan fingerprint density at radius 2 is 2.24 bits per heavy atom. The molecule has 1 unspecified atom stereocenters. The lowest BCUT2D eigenvalue weighted by molar-refractivity contribution is 0.211. The number of benzene rings is 1. The first-order chi connectivity index (χ1) is 8.29. The predicted molar refractivity (Wildman–Crippen MR) is 68.8 cm³/mol. The van der Waals surface area contributed by atoms with Gasteiger partial charge < -0.3 is 14.8 Å². The van der Waals surface area contributed by atoms with Crippen molar-refractivity contribution in [3.8, 4) is 11.5 Å². The van der Waals surface area contributed by atoms with E-state index in [0.717, 1.165) is 31.2 Å². The van der Waals surface area contributed by atoms with Crippen LogP contribution >= 0.6 is 0 Å².